The van der Waals surface area contributed by atoms with Gasteiger partial charge in [-0.2, -0.15) is 4.99 Å². The number of guanidine groups is 1. The van der Waals surface area contributed by atoms with Crippen LogP contribution in [0.5, 0.6) is 0 Å². The van der Waals surface area contributed by atoms with E-state index < -0.39 is 0 Å². The van der Waals surface area contributed by atoms with E-state index in [1.807, 2.05) is 37.3 Å². The first-order valence-electron chi connectivity index (χ1n) is 9.32. The molecule has 0 radical (unpaired) electrons. The Hall–Kier alpha value is -3.21. The van der Waals surface area contributed by atoms with E-state index in [2.05, 4.69) is 44.5 Å². The number of hydrogen-bond acceptors (Lipinski definition) is 3. The van der Waals surface area contributed by atoms with Gasteiger partial charge in [-0.25, -0.2) is 9.97 Å². The van der Waals surface area contributed by atoms with Crippen molar-refractivity contribution >= 4 is 17.6 Å². The van der Waals surface area contributed by atoms with E-state index in [1.54, 1.807) is 0 Å². The molecule has 3 N–H and O–H groups in total. The molecule has 0 amide bonds. The summed E-state index contributed by atoms with van der Waals surface area (Å²) in [5.41, 5.74) is 12.7. The molecule has 1 aliphatic rings. The van der Waals surface area contributed by atoms with E-state index in [9.17, 15) is 0 Å². The average molecular weight is 357 g/mol. The third kappa shape index (κ3) is 3.97. The van der Waals surface area contributed by atoms with E-state index >= 15 is 0 Å². The van der Waals surface area contributed by atoms with Crippen molar-refractivity contribution in [3.05, 3.63) is 71.5 Å². The number of nitrogens with two attached hydrogens (primary N) is 1. The van der Waals surface area contributed by atoms with Crippen LogP contribution in [0.1, 0.15) is 29.8 Å². The first kappa shape index (κ1) is 17.2. The fourth-order valence-corrected chi connectivity index (χ4v) is 3.48. The largest absolute Gasteiger partial charge is 0.369 e. The van der Waals surface area contributed by atoms with Crippen LogP contribution in [-0.2, 0) is 12.8 Å². The Morgan fingerprint density at radius 1 is 0.926 bits per heavy atom. The molecule has 5 nitrogen and oxygen atoms in total. The number of nitrogens with one attached hydrogen (secondary N) is 1. The van der Waals surface area contributed by atoms with Crippen LogP contribution in [0.3, 0.4) is 0 Å². The van der Waals surface area contributed by atoms with Crippen LogP contribution < -0.4 is 11.1 Å². The van der Waals surface area contributed by atoms with Crippen LogP contribution in [0.25, 0.3) is 11.1 Å². The van der Waals surface area contributed by atoms with Gasteiger partial charge in [-0.1, -0.05) is 42.5 Å². The minimum Gasteiger partial charge on any atom is -0.369 e. The van der Waals surface area contributed by atoms with Crippen molar-refractivity contribution in [2.75, 3.05) is 5.32 Å². The number of aliphatic imine (C=N–C) groups is 1. The highest BCUT2D eigenvalue weighted by molar-refractivity contribution is 5.93. The number of hydrogen-bond donors (Lipinski definition) is 2. The monoisotopic (exact) mass is 357 g/mol. The van der Waals surface area contributed by atoms with Gasteiger partial charge in [0.05, 0.1) is 0 Å². The van der Waals surface area contributed by atoms with Gasteiger partial charge in [-0.05, 0) is 61.4 Å². The summed E-state index contributed by atoms with van der Waals surface area (Å²) < 4.78 is 0. The van der Waals surface area contributed by atoms with Gasteiger partial charge in [0, 0.05) is 17.1 Å². The Labute approximate surface area is 159 Å². The van der Waals surface area contributed by atoms with Crippen molar-refractivity contribution in [2.24, 2.45) is 10.7 Å². The van der Waals surface area contributed by atoms with Gasteiger partial charge < -0.3 is 11.1 Å². The van der Waals surface area contributed by atoms with Gasteiger partial charge in [0.25, 0.3) is 5.95 Å². The van der Waals surface area contributed by atoms with Crippen LogP contribution in [0, 0.1) is 6.92 Å². The molecule has 0 fully saturated rings. The molecule has 0 saturated carbocycles. The molecular formula is C22H23N5. The Balaban J connectivity index is 1.50. The maximum Gasteiger partial charge on any atom is 0.253 e. The molecule has 2 aromatic carbocycles. The Morgan fingerprint density at radius 2 is 1.63 bits per heavy atom. The molecule has 3 aromatic rings. The lowest BCUT2D eigenvalue weighted by atomic mass is 9.95. The number of aryl methyl sites for hydroxylation is 2. The number of aromatic nitrogens is 2. The van der Waals surface area contributed by atoms with Crippen molar-refractivity contribution < 1.29 is 0 Å². The molecule has 0 aliphatic heterocycles. The number of rotatable bonds is 3. The third-order valence-corrected chi connectivity index (χ3v) is 4.86. The molecule has 0 unspecified atom stereocenters. The van der Waals surface area contributed by atoms with Crippen LogP contribution in [-0.4, -0.2) is 15.9 Å². The summed E-state index contributed by atoms with van der Waals surface area (Å²) in [5.74, 6) is 0.719. The topological polar surface area (TPSA) is 76.2 Å². The molecular weight excluding hydrogens is 334 g/mol. The smallest absolute Gasteiger partial charge is 0.253 e. The lowest BCUT2D eigenvalue weighted by molar-refractivity contribution is 0.657. The van der Waals surface area contributed by atoms with Crippen LogP contribution in [0.2, 0.25) is 0 Å². The van der Waals surface area contributed by atoms with Crippen LogP contribution in [0.4, 0.5) is 11.6 Å². The molecule has 1 aromatic heterocycles. The van der Waals surface area contributed by atoms with E-state index in [-0.39, 0.29) is 5.96 Å². The number of nitrogens with zero attached hydrogens (tertiary/aromatic N) is 3. The summed E-state index contributed by atoms with van der Waals surface area (Å²) in [5, 5.41) is 3.12. The Kier molecular flexibility index (Phi) is 4.83. The zero-order valence-electron chi connectivity index (χ0n) is 15.4. The van der Waals surface area contributed by atoms with E-state index in [0.29, 0.717) is 5.95 Å². The minimum absolute atomic E-state index is 0.289. The lowest BCUT2D eigenvalue weighted by Crippen LogP contribution is -2.22. The fourth-order valence-electron chi connectivity index (χ4n) is 3.48. The minimum atomic E-state index is 0.289. The molecule has 0 atom stereocenters. The summed E-state index contributed by atoms with van der Waals surface area (Å²) in [6, 6.07) is 18.4. The van der Waals surface area contributed by atoms with Crippen molar-refractivity contribution in [3.8, 4) is 11.1 Å². The van der Waals surface area contributed by atoms with Crippen LogP contribution in [0.15, 0.2) is 59.6 Å². The van der Waals surface area contributed by atoms with Crippen molar-refractivity contribution in [1.29, 1.82) is 0 Å². The predicted octanol–water partition coefficient (Wildman–Crippen LogP) is 4.39. The molecule has 27 heavy (non-hydrogen) atoms. The number of benzene rings is 2. The summed E-state index contributed by atoms with van der Waals surface area (Å²) in [7, 11) is 0. The van der Waals surface area contributed by atoms with Gasteiger partial charge in [0.2, 0.25) is 5.96 Å². The zero-order chi connectivity index (χ0) is 18.6. The Morgan fingerprint density at radius 3 is 2.41 bits per heavy atom. The third-order valence-electron chi connectivity index (χ3n) is 4.86. The normalized spacial score (nSPS) is 13.9. The second-order valence-electron chi connectivity index (χ2n) is 6.81. The van der Waals surface area contributed by atoms with E-state index in [4.69, 9.17) is 5.73 Å². The van der Waals surface area contributed by atoms with E-state index in [0.717, 1.165) is 35.5 Å². The highest BCUT2D eigenvalue weighted by atomic mass is 15.2. The highest BCUT2D eigenvalue weighted by Crippen LogP contribution is 2.24. The average Bonchev–Trinajstić information content (AvgIpc) is 2.69. The molecule has 1 heterocycles. The summed E-state index contributed by atoms with van der Waals surface area (Å²) in [4.78, 5) is 13.5. The highest BCUT2D eigenvalue weighted by Gasteiger charge is 2.15. The standard InChI is InChI=1S/C22H23N5/c1-15-19-9-5-6-10-20(19)26-22(24-15)27-21(23)25-18-13-11-17(12-14-18)16-7-3-2-4-8-16/h2-4,7-8,11-14H,5-6,9-10H2,1H3,(H3,23,24,25,26,27). The summed E-state index contributed by atoms with van der Waals surface area (Å²) >= 11 is 0. The Bertz CT molecular complexity index is 962. The quantitative estimate of drug-likeness (QED) is 0.538. The summed E-state index contributed by atoms with van der Waals surface area (Å²) in [6.45, 7) is 2.02. The second-order valence-corrected chi connectivity index (χ2v) is 6.81. The molecule has 0 spiro atoms. The fraction of sp³-hybridized carbons (Fsp3) is 0.227. The first-order valence-corrected chi connectivity index (χ1v) is 9.32. The number of anilines is 1. The molecule has 136 valence electrons. The van der Waals surface area contributed by atoms with Crippen molar-refractivity contribution in [3.63, 3.8) is 0 Å². The van der Waals surface area contributed by atoms with E-state index in [1.165, 1.54) is 24.0 Å². The van der Waals surface area contributed by atoms with Gasteiger partial charge in [-0.3, -0.25) is 0 Å². The molecule has 1 aliphatic carbocycles. The summed E-state index contributed by atoms with van der Waals surface area (Å²) in [6.07, 6.45) is 4.44. The zero-order valence-corrected chi connectivity index (χ0v) is 15.4. The van der Waals surface area contributed by atoms with Crippen LogP contribution >= 0.6 is 0 Å². The van der Waals surface area contributed by atoms with Gasteiger partial charge >= 0.3 is 0 Å². The van der Waals surface area contributed by atoms with Gasteiger partial charge in [0.1, 0.15) is 0 Å². The number of fused-ring (bicyclic) bond motifs is 1. The molecule has 0 saturated heterocycles. The molecule has 4 rings (SSSR count). The predicted molar refractivity (Wildman–Crippen MR) is 110 cm³/mol. The molecule has 5 heteroatoms. The first-order chi connectivity index (χ1) is 13.2. The van der Waals surface area contributed by atoms with Crippen molar-refractivity contribution in [1.82, 2.24) is 9.97 Å². The van der Waals surface area contributed by atoms with Gasteiger partial charge in [0.15, 0.2) is 0 Å². The maximum absolute atomic E-state index is 6.07. The van der Waals surface area contributed by atoms with Crippen molar-refractivity contribution in [2.45, 2.75) is 32.6 Å². The molecule has 0 bridgehead atoms. The maximum atomic E-state index is 6.07. The lowest BCUT2D eigenvalue weighted by Gasteiger charge is -2.16. The van der Waals surface area contributed by atoms with Gasteiger partial charge in [-0.15, -0.1) is 0 Å². The SMILES string of the molecule is Cc1nc(N=C(N)Nc2ccc(-c3ccccc3)cc2)nc2c1CCCC2. The second kappa shape index (κ2) is 7.58.